The van der Waals surface area contributed by atoms with Crippen LogP contribution in [0.5, 0.6) is 0 Å². The molecule has 0 aliphatic rings. The number of hydrogen-bond donors (Lipinski definition) is 0. The molecule has 0 aliphatic heterocycles. The van der Waals surface area contributed by atoms with E-state index in [4.69, 9.17) is 11.6 Å². The number of carbonyl (C=O) groups is 2. The Balaban J connectivity index is 2.65. The lowest BCUT2D eigenvalue weighted by atomic mass is 10.1. The van der Waals surface area contributed by atoms with Crippen molar-refractivity contribution in [1.82, 2.24) is 0 Å². The SMILES string of the molecule is CC(=O)SCCC#Cc1ccc(C(C)=O)cc1Cl. The number of halogens is 1. The predicted molar refractivity (Wildman–Crippen MR) is 76.1 cm³/mol. The van der Waals surface area contributed by atoms with Crippen LogP contribution in [0.25, 0.3) is 0 Å². The third-order valence-corrected chi connectivity index (χ3v) is 3.26. The smallest absolute Gasteiger partial charge is 0.185 e. The molecular formula is C14H13ClO2S. The van der Waals surface area contributed by atoms with Crippen LogP contribution in [0.4, 0.5) is 0 Å². The van der Waals surface area contributed by atoms with Gasteiger partial charge in [-0.15, -0.1) is 0 Å². The summed E-state index contributed by atoms with van der Waals surface area (Å²) in [5, 5.41) is 0.579. The van der Waals surface area contributed by atoms with Crippen LogP contribution in [0.2, 0.25) is 5.02 Å². The van der Waals surface area contributed by atoms with Gasteiger partial charge in [0.25, 0.3) is 0 Å². The van der Waals surface area contributed by atoms with Crippen molar-refractivity contribution >= 4 is 34.3 Å². The molecule has 18 heavy (non-hydrogen) atoms. The maximum Gasteiger partial charge on any atom is 0.185 e. The Hall–Kier alpha value is -1.24. The second-order valence-corrected chi connectivity index (χ2v) is 5.32. The molecule has 0 saturated heterocycles. The molecule has 0 atom stereocenters. The zero-order valence-electron chi connectivity index (χ0n) is 10.2. The molecule has 0 heterocycles. The Bertz CT molecular complexity index is 526. The highest BCUT2D eigenvalue weighted by Crippen LogP contribution is 2.17. The highest BCUT2D eigenvalue weighted by atomic mass is 35.5. The van der Waals surface area contributed by atoms with Gasteiger partial charge in [0.1, 0.15) is 0 Å². The van der Waals surface area contributed by atoms with E-state index in [-0.39, 0.29) is 10.9 Å². The van der Waals surface area contributed by atoms with Crippen LogP contribution in [0, 0.1) is 11.8 Å². The monoisotopic (exact) mass is 280 g/mol. The highest BCUT2D eigenvalue weighted by molar-refractivity contribution is 8.13. The number of rotatable bonds is 3. The van der Waals surface area contributed by atoms with E-state index < -0.39 is 0 Å². The molecule has 4 heteroatoms. The van der Waals surface area contributed by atoms with Gasteiger partial charge in [-0.1, -0.05) is 41.3 Å². The Labute approximate surface area is 116 Å². The molecule has 0 N–H and O–H groups in total. The van der Waals surface area contributed by atoms with Gasteiger partial charge in [0.15, 0.2) is 10.9 Å². The molecule has 1 rings (SSSR count). The molecule has 0 aliphatic carbocycles. The molecular weight excluding hydrogens is 268 g/mol. The van der Waals surface area contributed by atoms with Crippen molar-refractivity contribution in [1.29, 1.82) is 0 Å². The fourth-order valence-corrected chi connectivity index (χ4v) is 1.96. The minimum absolute atomic E-state index is 0.0192. The second kappa shape index (κ2) is 7.25. The molecule has 0 radical (unpaired) electrons. The average molecular weight is 281 g/mol. The summed E-state index contributed by atoms with van der Waals surface area (Å²) in [5.74, 6) is 6.56. The van der Waals surface area contributed by atoms with Gasteiger partial charge in [0.2, 0.25) is 0 Å². The topological polar surface area (TPSA) is 34.1 Å². The first kappa shape index (κ1) is 14.8. The van der Waals surface area contributed by atoms with Crippen LogP contribution >= 0.6 is 23.4 Å². The largest absolute Gasteiger partial charge is 0.295 e. The number of benzene rings is 1. The van der Waals surface area contributed by atoms with E-state index in [9.17, 15) is 9.59 Å². The van der Waals surface area contributed by atoms with Crippen molar-refractivity contribution in [3.05, 3.63) is 34.3 Å². The first-order valence-corrected chi connectivity index (χ1v) is 6.80. The molecule has 0 spiro atoms. The molecule has 0 amide bonds. The summed E-state index contributed by atoms with van der Waals surface area (Å²) >= 11 is 7.28. The summed E-state index contributed by atoms with van der Waals surface area (Å²) in [7, 11) is 0. The predicted octanol–water partition coefficient (Wildman–Crippen LogP) is 3.56. The van der Waals surface area contributed by atoms with Gasteiger partial charge in [-0.25, -0.2) is 0 Å². The third-order valence-electron chi connectivity index (χ3n) is 2.13. The Kier molecular flexibility index (Phi) is 5.97. The van der Waals surface area contributed by atoms with Gasteiger partial charge in [-0.05, 0) is 19.1 Å². The summed E-state index contributed by atoms with van der Waals surface area (Å²) in [6.45, 7) is 3.03. The van der Waals surface area contributed by atoms with Crippen molar-refractivity contribution in [2.75, 3.05) is 5.75 Å². The van der Waals surface area contributed by atoms with Crippen LogP contribution in [0.15, 0.2) is 18.2 Å². The van der Waals surface area contributed by atoms with E-state index in [0.29, 0.717) is 28.3 Å². The van der Waals surface area contributed by atoms with E-state index in [0.717, 1.165) is 0 Å². The zero-order chi connectivity index (χ0) is 13.5. The number of thioether (sulfide) groups is 1. The van der Waals surface area contributed by atoms with E-state index in [2.05, 4.69) is 11.8 Å². The lowest BCUT2D eigenvalue weighted by Crippen LogP contribution is -1.92. The summed E-state index contributed by atoms with van der Waals surface area (Å²) in [4.78, 5) is 21.8. The Morgan fingerprint density at radius 1 is 1.33 bits per heavy atom. The molecule has 1 aromatic carbocycles. The van der Waals surface area contributed by atoms with Gasteiger partial charge in [-0.2, -0.15) is 0 Å². The minimum Gasteiger partial charge on any atom is -0.295 e. The molecule has 94 valence electrons. The van der Waals surface area contributed by atoms with Crippen LogP contribution in [-0.2, 0) is 4.79 Å². The Morgan fingerprint density at radius 3 is 2.61 bits per heavy atom. The fraction of sp³-hybridized carbons (Fsp3) is 0.286. The third kappa shape index (κ3) is 4.95. The maximum absolute atomic E-state index is 11.1. The molecule has 2 nitrogen and oxygen atoms in total. The normalized spacial score (nSPS) is 9.50. The number of carbonyl (C=O) groups excluding carboxylic acids is 2. The number of ketones is 1. The van der Waals surface area contributed by atoms with Crippen LogP contribution in [-0.4, -0.2) is 16.7 Å². The molecule has 0 aromatic heterocycles. The zero-order valence-corrected chi connectivity index (χ0v) is 11.8. The lowest BCUT2D eigenvalue weighted by molar-refractivity contribution is -0.109. The highest BCUT2D eigenvalue weighted by Gasteiger charge is 2.02. The van der Waals surface area contributed by atoms with E-state index in [1.54, 1.807) is 18.2 Å². The first-order valence-electron chi connectivity index (χ1n) is 5.43. The quantitative estimate of drug-likeness (QED) is 0.482. The number of Topliss-reactive ketones (excluding diaryl/α,β-unsaturated/α-hetero) is 1. The summed E-state index contributed by atoms with van der Waals surface area (Å²) < 4.78 is 0. The van der Waals surface area contributed by atoms with Gasteiger partial charge in [0, 0.05) is 30.2 Å². The maximum atomic E-state index is 11.1. The molecule has 0 fully saturated rings. The average Bonchev–Trinajstić information content (AvgIpc) is 2.29. The molecule has 0 bridgehead atoms. The van der Waals surface area contributed by atoms with Crippen molar-refractivity contribution in [2.24, 2.45) is 0 Å². The summed E-state index contributed by atoms with van der Waals surface area (Å²) in [6, 6.07) is 5.07. The second-order valence-electron chi connectivity index (χ2n) is 3.64. The van der Waals surface area contributed by atoms with Crippen molar-refractivity contribution in [2.45, 2.75) is 20.3 Å². The van der Waals surface area contributed by atoms with Gasteiger partial charge in [0.05, 0.1) is 5.02 Å². The number of hydrogen-bond acceptors (Lipinski definition) is 3. The van der Waals surface area contributed by atoms with Crippen LogP contribution < -0.4 is 0 Å². The summed E-state index contributed by atoms with van der Waals surface area (Å²) in [6.07, 6.45) is 0.634. The van der Waals surface area contributed by atoms with Crippen molar-refractivity contribution < 1.29 is 9.59 Å². The minimum atomic E-state index is -0.0192. The van der Waals surface area contributed by atoms with E-state index in [1.807, 2.05) is 0 Å². The van der Waals surface area contributed by atoms with Crippen LogP contribution in [0.1, 0.15) is 36.2 Å². The summed E-state index contributed by atoms with van der Waals surface area (Å²) in [5.41, 5.74) is 1.28. The first-order chi connectivity index (χ1) is 8.50. The molecule has 1 aromatic rings. The van der Waals surface area contributed by atoms with Crippen LogP contribution in [0.3, 0.4) is 0 Å². The van der Waals surface area contributed by atoms with E-state index in [1.165, 1.54) is 25.6 Å². The molecule has 0 saturated carbocycles. The van der Waals surface area contributed by atoms with Gasteiger partial charge in [-0.3, -0.25) is 9.59 Å². The Morgan fingerprint density at radius 2 is 2.06 bits per heavy atom. The van der Waals surface area contributed by atoms with Crippen molar-refractivity contribution in [3.8, 4) is 11.8 Å². The van der Waals surface area contributed by atoms with Gasteiger partial charge >= 0.3 is 0 Å². The lowest BCUT2D eigenvalue weighted by Gasteiger charge is -1.99. The molecule has 0 unspecified atom stereocenters. The standard InChI is InChI=1S/C14H13ClO2S/c1-10(16)13-7-6-12(14(15)9-13)5-3-4-8-18-11(2)17/h6-7,9H,4,8H2,1-2H3. The van der Waals surface area contributed by atoms with Crippen molar-refractivity contribution in [3.63, 3.8) is 0 Å². The van der Waals surface area contributed by atoms with E-state index >= 15 is 0 Å². The fourth-order valence-electron chi connectivity index (χ4n) is 1.24. The van der Waals surface area contributed by atoms with Gasteiger partial charge < -0.3 is 0 Å².